The van der Waals surface area contributed by atoms with Gasteiger partial charge in [0.1, 0.15) is 30.2 Å². The number of hydrogen-bond acceptors (Lipinski definition) is 13. The molecule has 6 atom stereocenters. The minimum Gasteiger partial charge on any atom is -0.480 e. The molecule has 27 heteroatoms. The van der Waals surface area contributed by atoms with E-state index in [2.05, 4.69) is 51.9 Å². The SMILES string of the molecule is CC(C)[C@H](N)C(=O)N[C@@H](CCCN=C(N)N)C(=O)NCC(=O)NCC(=O)N[C@@H](Cc1cnc[nH]1)C(=O)N[C@@H](CC(N)=O)C(=O)N1CCC[C@H]1C(=O)N[C@@H](CCCN=C(N)N)C(=O)O. The Morgan fingerprint density at radius 1 is 0.794 bits per heavy atom. The third kappa shape index (κ3) is 19.0. The average Bonchev–Trinajstić information content (AvgIpc) is 3.93. The first-order chi connectivity index (χ1) is 29.7. The smallest absolute Gasteiger partial charge is 0.326 e. The summed E-state index contributed by atoms with van der Waals surface area (Å²) in [4.78, 5) is 132. The molecule has 1 aliphatic rings. The lowest BCUT2D eigenvalue weighted by atomic mass is 10.0. The quantitative estimate of drug-likeness (QED) is 0.0222. The number of carboxylic acids is 1. The highest BCUT2D eigenvalue weighted by molar-refractivity contribution is 5.98. The van der Waals surface area contributed by atoms with Gasteiger partial charge >= 0.3 is 5.97 Å². The van der Waals surface area contributed by atoms with Gasteiger partial charge in [0.05, 0.1) is 31.9 Å². The molecule has 2 heterocycles. The number of imidazole rings is 1. The number of aliphatic imine (C=N–C) groups is 2. The number of amides is 8. The maximum atomic E-state index is 13.9. The van der Waals surface area contributed by atoms with E-state index < -0.39 is 109 Å². The van der Waals surface area contributed by atoms with Crippen LogP contribution < -0.4 is 66.3 Å². The Kier molecular flexibility index (Phi) is 21.8. The van der Waals surface area contributed by atoms with Crippen molar-refractivity contribution in [3.05, 3.63) is 18.2 Å². The van der Waals surface area contributed by atoms with Gasteiger partial charge in [-0.15, -0.1) is 0 Å². The lowest BCUT2D eigenvalue weighted by Crippen LogP contribution is -2.59. The van der Waals surface area contributed by atoms with E-state index in [1.165, 1.54) is 12.5 Å². The number of aromatic nitrogens is 2. The van der Waals surface area contributed by atoms with Crippen LogP contribution in [0.2, 0.25) is 0 Å². The number of rotatable bonds is 27. The van der Waals surface area contributed by atoms with Crippen molar-refractivity contribution in [1.29, 1.82) is 0 Å². The first-order valence-electron chi connectivity index (χ1n) is 20.1. The molecule has 0 aliphatic carbocycles. The fourth-order valence-corrected chi connectivity index (χ4v) is 6.15. The fraction of sp³-hybridized carbons (Fsp3) is 0.611. The second-order valence-corrected chi connectivity index (χ2v) is 14.9. The highest BCUT2D eigenvalue weighted by Crippen LogP contribution is 2.20. The van der Waals surface area contributed by atoms with E-state index in [4.69, 9.17) is 34.4 Å². The highest BCUT2D eigenvalue weighted by atomic mass is 16.4. The number of primary amides is 1. The third-order valence-electron chi connectivity index (χ3n) is 9.52. The molecule has 2 rings (SSSR count). The fourth-order valence-electron chi connectivity index (χ4n) is 6.15. The topological polar surface area (TPSA) is 459 Å². The summed E-state index contributed by atoms with van der Waals surface area (Å²) in [5.74, 6) is -8.46. The highest BCUT2D eigenvalue weighted by Gasteiger charge is 2.40. The summed E-state index contributed by atoms with van der Waals surface area (Å²) in [5.41, 5.74) is 33.0. The Hall–Kier alpha value is -7.06. The zero-order valence-electron chi connectivity index (χ0n) is 35.3. The molecule has 20 N–H and O–H groups in total. The predicted molar refractivity (Wildman–Crippen MR) is 225 cm³/mol. The van der Waals surface area contributed by atoms with Crippen molar-refractivity contribution < 1.29 is 48.3 Å². The van der Waals surface area contributed by atoms with Crippen LogP contribution in [0.25, 0.3) is 0 Å². The Balaban J connectivity index is 2.11. The van der Waals surface area contributed by atoms with Gasteiger partial charge in [-0.3, -0.25) is 48.3 Å². The van der Waals surface area contributed by atoms with Gasteiger partial charge in [-0.2, -0.15) is 0 Å². The first kappa shape index (κ1) is 52.1. The van der Waals surface area contributed by atoms with Crippen LogP contribution in [0.4, 0.5) is 0 Å². The number of guanidine groups is 2. The van der Waals surface area contributed by atoms with E-state index in [1.54, 1.807) is 13.8 Å². The number of nitrogens with zero attached hydrogens (tertiary/aromatic N) is 4. The minimum absolute atomic E-state index is 0.0257. The molecule has 0 radical (unpaired) electrons. The van der Waals surface area contributed by atoms with Crippen LogP contribution in [0.15, 0.2) is 22.5 Å². The van der Waals surface area contributed by atoms with Gasteiger partial charge in [0.2, 0.25) is 47.3 Å². The minimum atomic E-state index is -1.61. The van der Waals surface area contributed by atoms with Crippen LogP contribution in [-0.4, -0.2) is 154 Å². The van der Waals surface area contributed by atoms with Gasteiger partial charge in [-0.1, -0.05) is 13.8 Å². The van der Waals surface area contributed by atoms with Crippen molar-refractivity contribution in [2.45, 2.75) is 101 Å². The Morgan fingerprint density at radius 3 is 1.95 bits per heavy atom. The standard InChI is InChI=1S/C36H61N17O10/c1-18(2)28(38)32(60)50-20(6-3-9-44-35(39)40)29(57)47-15-26(55)46-16-27(56)49-22(12-19-14-43-17-48-19)30(58)52-23(13-25(37)54)33(61)53-11-5-8-24(53)31(59)51-21(34(62)63)7-4-10-45-36(41)42/h14,17-18,20-24,28H,3-13,15-16,38H2,1-2H3,(H2,37,54)(H,43,48)(H,46,55)(H,47,57)(H,49,56)(H,50,60)(H,51,59)(H,52,58)(H,62,63)(H4,39,40,44)(H4,41,42,45)/t20-,21-,22-,23-,24-,28-/m0/s1. The van der Waals surface area contributed by atoms with E-state index in [9.17, 15) is 48.3 Å². The van der Waals surface area contributed by atoms with Crippen molar-refractivity contribution >= 4 is 65.1 Å². The molecule has 1 aromatic heterocycles. The molecule has 350 valence electrons. The molecular formula is C36H61N17O10. The third-order valence-corrected chi connectivity index (χ3v) is 9.52. The van der Waals surface area contributed by atoms with E-state index in [0.29, 0.717) is 18.5 Å². The van der Waals surface area contributed by atoms with Crippen LogP contribution in [0.1, 0.15) is 64.5 Å². The molecule has 8 amide bonds. The van der Waals surface area contributed by atoms with E-state index in [-0.39, 0.29) is 69.6 Å². The summed E-state index contributed by atoms with van der Waals surface area (Å²) in [7, 11) is 0. The van der Waals surface area contributed by atoms with Crippen molar-refractivity contribution in [3.63, 3.8) is 0 Å². The van der Waals surface area contributed by atoms with Crippen molar-refractivity contribution in [2.75, 3.05) is 32.7 Å². The summed E-state index contributed by atoms with van der Waals surface area (Å²) < 4.78 is 0. The number of carbonyl (C=O) groups is 9. The number of nitrogens with two attached hydrogens (primary N) is 6. The van der Waals surface area contributed by atoms with E-state index in [1.807, 2.05) is 0 Å². The van der Waals surface area contributed by atoms with Gasteiger partial charge in [0.25, 0.3) is 0 Å². The normalized spacial score (nSPS) is 15.6. The number of carbonyl (C=O) groups excluding carboxylic acids is 8. The lowest BCUT2D eigenvalue weighted by Gasteiger charge is -2.30. The Morgan fingerprint density at radius 2 is 1.40 bits per heavy atom. The van der Waals surface area contributed by atoms with Crippen molar-refractivity contribution in [2.24, 2.45) is 50.3 Å². The van der Waals surface area contributed by atoms with Crippen molar-refractivity contribution in [1.82, 2.24) is 46.8 Å². The summed E-state index contributed by atoms with van der Waals surface area (Å²) in [6, 6.07) is -7.53. The lowest BCUT2D eigenvalue weighted by molar-refractivity contribution is -0.145. The van der Waals surface area contributed by atoms with Gasteiger partial charge in [-0.05, 0) is 44.4 Å². The van der Waals surface area contributed by atoms with Gasteiger partial charge in [-0.25, -0.2) is 9.78 Å². The molecule has 0 spiro atoms. The average molecular weight is 892 g/mol. The second-order valence-electron chi connectivity index (χ2n) is 14.9. The molecule has 0 saturated carbocycles. The number of carboxylic acid groups (broad SMARTS) is 1. The molecule has 1 aliphatic heterocycles. The largest absolute Gasteiger partial charge is 0.480 e. The molecule has 0 unspecified atom stereocenters. The number of aromatic amines is 1. The Labute approximate surface area is 362 Å². The maximum absolute atomic E-state index is 13.9. The van der Waals surface area contributed by atoms with Gasteiger partial charge in [0, 0.05) is 37.9 Å². The van der Waals surface area contributed by atoms with Crippen LogP contribution in [0, 0.1) is 5.92 Å². The first-order valence-corrected chi connectivity index (χ1v) is 20.1. The summed E-state index contributed by atoms with van der Waals surface area (Å²) >= 11 is 0. The number of aliphatic carboxylic acids is 1. The number of likely N-dealkylation sites (tertiary alicyclic amines) is 1. The zero-order valence-corrected chi connectivity index (χ0v) is 35.3. The molecule has 0 bridgehead atoms. The summed E-state index contributed by atoms with van der Waals surface area (Å²) in [5, 5.41) is 24.3. The summed E-state index contributed by atoms with van der Waals surface area (Å²) in [6.45, 7) is 2.47. The molecule has 1 fully saturated rings. The summed E-state index contributed by atoms with van der Waals surface area (Å²) in [6.07, 6.45) is 2.85. The monoisotopic (exact) mass is 891 g/mol. The van der Waals surface area contributed by atoms with Gasteiger partial charge < -0.3 is 81.3 Å². The zero-order chi connectivity index (χ0) is 47.2. The predicted octanol–water partition coefficient (Wildman–Crippen LogP) is -6.83. The second kappa shape index (κ2) is 26.3. The van der Waals surface area contributed by atoms with Crippen LogP contribution in [0.5, 0.6) is 0 Å². The molecule has 27 nitrogen and oxygen atoms in total. The van der Waals surface area contributed by atoms with Gasteiger partial charge in [0.15, 0.2) is 11.9 Å². The molecule has 63 heavy (non-hydrogen) atoms. The molecule has 1 aromatic rings. The molecule has 0 aromatic carbocycles. The molecule has 1 saturated heterocycles. The van der Waals surface area contributed by atoms with Crippen LogP contribution >= 0.6 is 0 Å². The Bertz CT molecular complexity index is 1810. The van der Waals surface area contributed by atoms with Crippen molar-refractivity contribution in [3.8, 4) is 0 Å². The molecular weight excluding hydrogens is 831 g/mol. The van der Waals surface area contributed by atoms with Crippen LogP contribution in [-0.2, 0) is 49.6 Å². The maximum Gasteiger partial charge on any atom is 0.326 e. The van der Waals surface area contributed by atoms with E-state index >= 15 is 0 Å². The number of nitrogens with one attached hydrogen (secondary N) is 7. The number of hydrogen-bond donors (Lipinski definition) is 14. The van der Waals surface area contributed by atoms with E-state index in [0.717, 1.165) is 4.90 Å². The number of H-pyrrole nitrogens is 1. The van der Waals surface area contributed by atoms with Crippen LogP contribution in [0.3, 0.4) is 0 Å².